The van der Waals surface area contributed by atoms with Crippen LogP contribution in [0.15, 0.2) is 36.7 Å². The van der Waals surface area contributed by atoms with Gasteiger partial charge in [0.25, 0.3) is 0 Å². The molecular weight excluding hydrogens is 246 g/mol. The lowest BCUT2D eigenvalue weighted by Crippen LogP contribution is -1.96. The minimum Gasteiger partial charge on any atom is -0.399 e. The summed E-state index contributed by atoms with van der Waals surface area (Å²) in [6, 6.07) is 7.61. The van der Waals surface area contributed by atoms with Crippen molar-refractivity contribution in [3.63, 3.8) is 0 Å². The molecular formula is C12H11N5S. The van der Waals surface area contributed by atoms with E-state index in [0.717, 1.165) is 27.2 Å². The molecule has 0 bridgehead atoms. The van der Waals surface area contributed by atoms with Crippen LogP contribution >= 0.6 is 11.3 Å². The van der Waals surface area contributed by atoms with Gasteiger partial charge in [-0.05, 0) is 31.2 Å². The van der Waals surface area contributed by atoms with E-state index in [0.29, 0.717) is 0 Å². The molecule has 0 saturated carbocycles. The fourth-order valence-corrected chi connectivity index (χ4v) is 2.36. The van der Waals surface area contributed by atoms with E-state index in [1.54, 1.807) is 6.20 Å². The second kappa shape index (κ2) is 4.23. The van der Waals surface area contributed by atoms with Crippen LogP contribution in [0.25, 0.3) is 16.5 Å². The van der Waals surface area contributed by atoms with Gasteiger partial charge in [0.05, 0.1) is 0 Å². The predicted molar refractivity (Wildman–Crippen MR) is 71.6 cm³/mol. The first-order valence-electron chi connectivity index (χ1n) is 5.44. The molecule has 0 aliphatic heterocycles. The summed E-state index contributed by atoms with van der Waals surface area (Å²) in [6.45, 7) is 1.93. The van der Waals surface area contributed by atoms with Gasteiger partial charge in [-0.1, -0.05) is 11.3 Å². The van der Waals surface area contributed by atoms with Gasteiger partial charge in [-0.25, -0.2) is 4.98 Å². The normalized spacial score (nSPS) is 10.7. The summed E-state index contributed by atoms with van der Waals surface area (Å²) in [7, 11) is 0. The molecule has 3 aromatic rings. The highest BCUT2D eigenvalue weighted by Crippen LogP contribution is 2.23. The van der Waals surface area contributed by atoms with Crippen molar-refractivity contribution < 1.29 is 0 Å². The molecule has 0 amide bonds. The van der Waals surface area contributed by atoms with Crippen LogP contribution in [0.5, 0.6) is 0 Å². The van der Waals surface area contributed by atoms with Crippen molar-refractivity contribution in [1.82, 2.24) is 19.7 Å². The van der Waals surface area contributed by atoms with Gasteiger partial charge in [-0.15, -0.1) is 10.2 Å². The molecule has 18 heavy (non-hydrogen) atoms. The maximum atomic E-state index is 5.69. The fraction of sp³-hybridized carbons (Fsp3) is 0.0833. The maximum Gasteiger partial charge on any atom is 0.218 e. The number of nitrogens with two attached hydrogens (primary N) is 1. The van der Waals surface area contributed by atoms with Gasteiger partial charge in [-0.2, -0.15) is 0 Å². The van der Waals surface area contributed by atoms with E-state index in [-0.39, 0.29) is 0 Å². The minimum absolute atomic E-state index is 0.739. The summed E-state index contributed by atoms with van der Waals surface area (Å²) >= 11 is 1.53. The molecule has 0 spiro atoms. The quantitative estimate of drug-likeness (QED) is 0.715. The van der Waals surface area contributed by atoms with Gasteiger partial charge in [0.15, 0.2) is 0 Å². The van der Waals surface area contributed by atoms with Gasteiger partial charge in [-0.3, -0.25) is 4.57 Å². The molecule has 0 saturated heterocycles. The van der Waals surface area contributed by atoms with Crippen molar-refractivity contribution in [2.45, 2.75) is 6.92 Å². The zero-order valence-electron chi connectivity index (χ0n) is 9.74. The molecule has 1 aromatic carbocycles. The van der Waals surface area contributed by atoms with Crippen LogP contribution in [0.3, 0.4) is 0 Å². The van der Waals surface area contributed by atoms with E-state index in [4.69, 9.17) is 5.73 Å². The average Bonchev–Trinajstić information content (AvgIpc) is 2.98. The second-order valence-corrected chi connectivity index (χ2v) is 5.01. The molecule has 0 fully saturated rings. The van der Waals surface area contributed by atoms with Gasteiger partial charge in [0.2, 0.25) is 5.13 Å². The van der Waals surface area contributed by atoms with Gasteiger partial charge in [0, 0.05) is 23.6 Å². The minimum atomic E-state index is 0.739. The van der Waals surface area contributed by atoms with Crippen molar-refractivity contribution in [1.29, 1.82) is 0 Å². The van der Waals surface area contributed by atoms with Crippen molar-refractivity contribution in [3.05, 3.63) is 41.7 Å². The molecule has 0 atom stereocenters. The molecule has 2 N–H and O–H groups in total. The molecule has 2 aromatic heterocycles. The summed E-state index contributed by atoms with van der Waals surface area (Å²) in [5.41, 5.74) is 7.43. The van der Waals surface area contributed by atoms with E-state index >= 15 is 0 Å². The summed E-state index contributed by atoms with van der Waals surface area (Å²) in [4.78, 5) is 4.36. The second-order valence-electron chi connectivity index (χ2n) is 3.85. The van der Waals surface area contributed by atoms with E-state index in [9.17, 15) is 0 Å². The third-order valence-corrected chi connectivity index (χ3v) is 3.37. The van der Waals surface area contributed by atoms with Crippen LogP contribution in [-0.4, -0.2) is 19.7 Å². The standard InChI is InChI=1S/C12H11N5S/c1-8-15-16-12(18-8)17-7-6-14-11(17)9-2-4-10(13)5-3-9/h2-7H,13H2,1H3. The van der Waals surface area contributed by atoms with Gasteiger partial charge < -0.3 is 5.73 Å². The number of aromatic nitrogens is 4. The van der Waals surface area contributed by atoms with Crippen molar-refractivity contribution in [3.8, 4) is 16.5 Å². The third-order valence-electron chi connectivity index (χ3n) is 2.53. The lowest BCUT2D eigenvalue weighted by atomic mass is 10.2. The van der Waals surface area contributed by atoms with Crippen LogP contribution in [0, 0.1) is 6.92 Å². The predicted octanol–water partition coefficient (Wildman–Crippen LogP) is 2.28. The Morgan fingerprint density at radius 3 is 2.61 bits per heavy atom. The number of rotatable bonds is 2. The Bertz CT molecular complexity index is 668. The van der Waals surface area contributed by atoms with E-state index in [1.807, 2.05) is 42.0 Å². The van der Waals surface area contributed by atoms with Crippen LogP contribution in [0.4, 0.5) is 5.69 Å². The Morgan fingerprint density at radius 2 is 1.94 bits per heavy atom. The number of imidazole rings is 1. The number of nitrogens with zero attached hydrogens (tertiary/aromatic N) is 4. The first kappa shape index (κ1) is 10.9. The average molecular weight is 257 g/mol. The zero-order valence-corrected chi connectivity index (χ0v) is 10.6. The van der Waals surface area contributed by atoms with Crippen molar-refractivity contribution in [2.75, 3.05) is 5.73 Å². The van der Waals surface area contributed by atoms with E-state index in [1.165, 1.54) is 11.3 Å². The molecule has 2 heterocycles. The SMILES string of the molecule is Cc1nnc(-n2ccnc2-c2ccc(N)cc2)s1. The van der Waals surface area contributed by atoms with Crippen molar-refractivity contribution >= 4 is 17.0 Å². The Hall–Kier alpha value is -2.21. The Labute approximate surface area is 108 Å². The molecule has 5 nitrogen and oxygen atoms in total. The number of hydrogen-bond donors (Lipinski definition) is 1. The molecule has 0 radical (unpaired) electrons. The number of anilines is 1. The largest absolute Gasteiger partial charge is 0.399 e. The molecule has 3 rings (SSSR count). The molecule has 6 heteroatoms. The van der Waals surface area contributed by atoms with Crippen LogP contribution in [0.2, 0.25) is 0 Å². The first-order valence-corrected chi connectivity index (χ1v) is 6.25. The van der Waals surface area contributed by atoms with Crippen molar-refractivity contribution in [2.24, 2.45) is 0 Å². The summed E-state index contributed by atoms with van der Waals surface area (Å²) in [5.74, 6) is 0.839. The summed E-state index contributed by atoms with van der Waals surface area (Å²) < 4.78 is 1.93. The van der Waals surface area contributed by atoms with E-state index in [2.05, 4.69) is 15.2 Å². The molecule has 0 aliphatic rings. The van der Waals surface area contributed by atoms with Crippen LogP contribution < -0.4 is 5.73 Å². The number of aryl methyl sites for hydroxylation is 1. The van der Waals surface area contributed by atoms with Gasteiger partial charge >= 0.3 is 0 Å². The Kier molecular flexibility index (Phi) is 2.56. The topological polar surface area (TPSA) is 69.6 Å². The highest BCUT2D eigenvalue weighted by atomic mass is 32.1. The number of hydrogen-bond acceptors (Lipinski definition) is 5. The van der Waals surface area contributed by atoms with Gasteiger partial charge in [0.1, 0.15) is 10.8 Å². The Balaban J connectivity index is 2.09. The molecule has 0 aliphatic carbocycles. The third kappa shape index (κ3) is 1.86. The van der Waals surface area contributed by atoms with E-state index < -0.39 is 0 Å². The molecule has 0 unspecified atom stereocenters. The Morgan fingerprint density at radius 1 is 1.17 bits per heavy atom. The highest BCUT2D eigenvalue weighted by Gasteiger charge is 2.10. The monoisotopic (exact) mass is 257 g/mol. The zero-order chi connectivity index (χ0) is 12.5. The summed E-state index contributed by atoms with van der Waals surface area (Å²) in [6.07, 6.45) is 3.63. The lowest BCUT2D eigenvalue weighted by Gasteiger charge is -2.03. The smallest absolute Gasteiger partial charge is 0.218 e. The number of benzene rings is 1. The van der Waals surface area contributed by atoms with Crippen LogP contribution in [0.1, 0.15) is 5.01 Å². The fourth-order valence-electron chi connectivity index (χ4n) is 1.69. The van der Waals surface area contributed by atoms with Crippen LogP contribution in [-0.2, 0) is 0 Å². The lowest BCUT2D eigenvalue weighted by molar-refractivity contribution is 0.957. The maximum absolute atomic E-state index is 5.69. The summed E-state index contributed by atoms with van der Waals surface area (Å²) in [5, 5.41) is 9.90. The molecule has 90 valence electrons. The highest BCUT2D eigenvalue weighted by molar-refractivity contribution is 7.13. The first-order chi connectivity index (χ1) is 8.74. The number of nitrogen functional groups attached to an aromatic ring is 1.